The number of nitrogens with one attached hydrogen (secondary N) is 2. The Morgan fingerprint density at radius 2 is 1.52 bits per heavy atom. The summed E-state index contributed by atoms with van der Waals surface area (Å²) in [6.45, 7) is 0. The van der Waals surface area contributed by atoms with E-state index in [-0.39, 0.29) is 11.9 Å². The summed E-state index contributed by atoms with van der Waals surface area (Å²) in [5.41, 5.74) is 1.10. The minimum absolute atomic E-state index is 0.0952. The zero-order valence-electron chi connectivity index (χ0n) is 11.9. The molecule has 1 aromatic heterocycles. The second-order valence-electron chi connectivity index (χ2n) is 4.55. The van der Waals surface area contributed by atoms with Crippen LogP contribution in [0.4, 0.5) is 10.8 Å². The van der Waals surface area contributed by atoms with E-state index < -0.39 is 11.9 Å². The predicted octanol–water partition coefficient (Wildman–Crippen LogP) is 2.70. The van der Waals surface area contributed by atoms with Crippen molar-refractivity contribution in [2.24, 2.45) is 0 Å². The number of carbonyl (C=O) groups is 2. The zero-order chi connectivity index (χ0) is 16.1. The molecule has 0 aliphatic carbocycles. The molecule has 0 aliphatic heterocycles. The molecule has 7 nitrogen and oxygen atoms in total. The van der Waals surface area contributed by atoms with E-state index in [1.54, 1.807) is 42.5 Å². The molecule has 0 atom stereocenters. The Bertz CT molecular complexity index is 816. The topological polar surface area (TPSA) is 97.1 Å². The van der Waals surface area contributed by atoms with Gasteiger partial charge in [-0.05, 0) is 24.3 Å². The smallest absolute Gasteiger partial charge is 0.329 e. The molecule has 0 spiro atoms. The van der Waals surface area contributed by atoms with Gasteiger partial charge in [-0.2, -0.15) is 0 Å². The fourth-order valence-corrected chi connectivity index (χ4v) is 1.86. The second-order valence-corrected chi connectivity index (χ2v) is 4.55. The number of anilines is 1. The largest absolute Gasteiger partial charge is 0.403 e. The summed E-state index contributed by atoms with van der Waals surface area (Å²) in [6, 6.07) is 16.7. The van der Waals surface area contributed by atoms with Crippen LogP contribution in [0.3, 0.4) is 0 Å². The summed E-state index contributed by atoms with van der Waals surface area (Å²) >= 11 is 0. The van der Waals surface area contributed by atoms with E-state index in [9.17, 15) is 9.59 Å². The van der Waals surface area contributed by atoms with Crippen LogP contribution in [0, 0.1) is 0 Å². The molecule has 3 aromatic rings. The van der Waals surface area contributed by atoms with E-state index in [2.05, 4.69) is 20.8 Å². The quantitative estimate of drug-likeness (QED) is 0.775. The van der Waals surface area contributed by atoms with Gasteiger partial charge in [0.05, 0.1) is 0 Å². The number of imide groups is 1. The summed E-state index contributed by atoms with van der Waals surface area (Å²) in [7, 11) is 0. The number of hydrogen-bond donors (Lipinski definition) is 2. The maximum Gasteiger partial charge on any atom is 0.329 e. The van der Waals surface area contributed by atoms with Crippen LogP contribution in [-0.2, 0) is 0 Å². The fourth-order valence-electron chi connectivity index (χ4n) is 1.86. The SMILES string of the molecule is O=C(NC(=O)c1ccccc1)Nc1nnc(-c2ccccc2)o1. The molecule has 7 heteroatoms. The Hall–Kier alpha value is -3.48. The van der Waals surface area contributed by atoms with Gasteiger partial charge in [0.2, 0.25) is 5.89 Å². The van der Waals surface area contributed by atoms with E-state index in [1.165, 1.54) is 0 Å². The molecule has 2 N–H and O–H groups in total. The number of aromatic nitrogens is 2. The molecule has 2 aromatic carbocycles. The maximum atomic E-state index is 11.8. The lowest BCUT2D eigenvalue weighted by molar-refractivity contribution is 0.0967. The molecule has 114 valence electrons. The first kappa shape index (κ1) is 14.5. The number of carbonyl (C=O) groups excluding carboxylic acids is 2. The van der Waals surface area contributed by atoms with Crippen LogP contribution in [0.5, 0.6) is 0 Å². The van der Waals surface area contributed by atoms with Crippen LogP contribution in [0.15, 0.2) is 65.1 Å². The van der Waals surface area contributed by atoms with Crippen LogP contribution < -0.4 is 10.6 Å². The third kappa shape index (κ3) is 3.59. The van der Waals surface area contributed by atoms with Gasteiger partial charge in [-0.1, -0.05) is 41.5 Å². The van der Waals surface area contributed by atoms with E-state index in [4.69, 9.17) is 4.42 Å². The summed E-state index contributed by atoms with van der Waals surface area (Å²) < 4.78 is 5.32. The fraction of sp³-hybridized carbons (Fsp3) is 0. The van der Waals surface area contributed by atoms with Crippen LogP contribution in [0.2, 0.25) is 0 Å². The average Bonchev–Trinajstić information content (AvgIpc) is 3.04. The van der Waals surface area contributed by atoms with Gasteiger partial charge in [0.15, 0.2) is 0 Å². The van der Waals surface area contributed by atoms with Gasteiger partial charge in [-0.25, -0.2) is 4.79 Å². The van der Waals surface area contributed by atoms with Crippen molar-refractivity contribution in [1.29, 1.82) is 0 Å². The first-order chi connectivity index (χ1) is 11.2. The van der Waals surface area contributed by atoms with Gasteiger partial charge in [0, 0.05) is 11.1 Å². The molecular formula is C16H12N4O3. The van der Waals surface area contributed by atoms with Crippen LogP contribution in [-0.4, -0.2) is 22.1 Å². The summed E-state index contributed by atoms with van der Waals surface area (Å²) in [5.74, 6) is -0.249. The van der Waals surface area contributed by atoms with Crippen molar-refractivity contribution in [3.63, 3.8) is 0 Å². The highest BCUT2D eigenvalue weighted by Crippen LogP contribution is 2.18. The lowest BCUT2D eigenvalue weighted by atomic mass is 10.2. The Labute approximate surface area is 131 Å². The Morgan fingerprint density at radius 1 is 0.870 bits per heavy atom. The normalized spacial score (nSPS) is 10.1. The highest BCUT2D eigenvalue weighted by molar-refractivity contribution is 6.07. The number of rotatable bonds is 3. The molecule has 0 aliphatic rings. The van der Waals surface area contributed by atoms with Gasteiger partial charge < -0.3 is 4.42 Å². The molecule has 3 amide bonds. The molecule has 0 saturated carbocycles. The maximum absolute atomic E-state index is 11.8. The number of hydrogen-bond acceptors (Lipinski definition) is 5. The third-order valence-electron chi connectivity index (χ3n) is 2.93. The van der Waals surface area contributed by atoms with E-state index >= 15 is 0 Å². The minimum Gasteiger partial charge on any atom is -0.403 e. The zero-order valence-corrected chi connectivity index (χ0v) is 11.9. The van der Waals surface area contributed by atoms with Crippen LogP contribution in [0.1, 0.15) is 10.4 Å². The van der Waals surface area contributed by atoms with Crippen molar-refractivity contribution in [3.05, 3.63) is 66.2 Å². The molecule has 23 heavy (non-hydrogen) atoms. The minimum atomic E-state index is -0.748. The van der Waals surface area contributed by atoms with Crippen molar-refractivity contribution in [1.82, 2.24) is 15.5 Å². The molecule has 0 fully saturated rings. The predicted molar refractivity (Wildman–Crippen MR) is 82.7 cm³/mol. The summed E-state index contributed by atoms with van der Waals surface area (Å²) in [5, 5.41) is 12.0. The average molecular weight is 308 g/mol. The van der Waals surface area contributed by atoms with Crippen molar-refractivity contribution >= 4 is 18.0 Å². The van der Waals surface area contributed by atoms with Crippen LogP contribution in [0.25, 0.3) is 11.5 Å². The van der Waals surface area contributed by atoms with E-state index in [0.717, 1.165) is 5.56 Å². The van der Waals surface area contributed by atoms with Gasteiger partial charge in [0.25, 0.3) is 5.91 Å². The Kier molecular flexibility index (Phi) is 4.10. The third-order valence-corrected chi connectivity index (χ3v) is 2.93. The van der Waals surface area contributed by atoms with Crippen molar-refractivity contribution < 1.29 is 14.0 Å². The molecule has 0 radical (unpaired) electrons. The molecule has 0 saturated heterocycles. The lowest BCUT2D eigenvalue weighted by Crippen LogP contribution is -2.34. The molecule has 1 heterocycles. The van der Waals surface area contributed by atoms with Gasteiger partial charge in [0.1, 0.15) is 0 Å². The van der Waals surface area contributed by atoms with Gasteiger partial charge in [-0.3, -0.25) is 15.4 Å². The number of amides is 3. The van der Waals surface area contributed by atoms with E-state index in [0.29, 0.717) is 5.56 Å². The molecular weight excluding hydrogens is 296 g/mol. The standard InChI is InChI=1S/C16H12N4O3/c21-13(11-7-3-1-4-8-11)17-15(22)18-16-20-19-14(23-16)12-9-5-2-6-10-12/h1-10H,(H2,17,18,20,21,22). The summed E-state index contributed by atoms with van der Waals surface area (Å²) in [6.07, 6.45) is 0. The second kappa shape index (κ2) is 6.52. The highest BCUT2D eigenvalue weighted by Gasteiger charge is 2.14. The van der Waals surface area contributed by atoms with Gasteiger partial charge in [-0.15, -0.1) is 5.10 Å². The first-order valence-electron chi connectivity index (χ1n) is 6.79. The number of nitrogens with zero attached hydrogens (tertiary/aromatic N) is 2. The molecule has 3 rings (SSSR count). The molecule has 0 bridgehead atoms. The first-order valence-corrected chi connectivity index (χ1v) is 6.79. The van der Waals surface area contributed by atoms with Crippen molar-refractivity contribution in [3.8, 4) is 11.5 Å². The Morgan fingerprint density at radius 3 is 2.22 bits per heavy atom. The molecule has 0 unspecified atom stereocenters. The van der Waals surface area contributed by atoms with Crippen LogP contribution >= 0.6 is 0 Å². The van der Waals surface area contributed by atoms with Crippen molar-refractivity contribution in [2.45, 2.75) is 0 Å². The van der Waals surface area contributed by atoms with Crippen molar-refractivity contribution in [2.75, 3.05) is 5.32 Å². The number of urea groups is 1. The van der Waals surface area contributed by atoms with E-state index in [1.807, 2.05) is 18.2 Å². The highest BCUT2D eigenvalue weighted by atomic mass is 16.4. The lowest BCUT2D eigenvalue weighted by Gasteiger charge is -2.03. The monoisotopic (exact) mass is 308 g/mol. The number of benzene rings is 2. The Balaban J connectivity index is 1.63. The van der Waals surface area contributed by atoms with Gasteiger partial charge >= 0.3 is 12.0 Å². The summed E-state index contributed by atoms with van der Waals surface area (Å²) in [4.78, 5) is 23.6.